The van der Waals surface area contributed by atoms with Crippen LogP contribution in [0.25, 0.3) is 6.08 Å². The largest absolute Gasteiger partial charge is 0.490 e. The van der Waals surface area contributed by atoms with E-state index in [4.69, 9.17) is 24.2 Å². The number of allylic oxidation sites excluding steroid dienone is 1. The molecule has 1 aliphatic rings. The molecule has 0 radical (unpaired) electrons. The van der Waals surface area contributed by atoms with Crippen LogP contribution in [0.1, 0.15) is 49.1 Å². The summed E-state index contributed by atoms with van der Waals surface area (Å²) in [6, 6.07) is 20.8. The average Bonchev–Trinajstić information content (AvgIpc) is 3.39. The Morgan fingerprint density at radius 2 is 1.79 bits per heavy atom. The number of hydrogen-bond acceptors (Lipinski definition) is 11. The van der Waals surface area contributed by atoms with Gasteiger partial charge >= 0.3 is 11.9 Å². The zero-order chi connectivity index (χ0) is 34.2. The van der Waals surface area contributed by atoms with Gasteiger partial charge in [-0.2, -0.15) is 5.26 Å². The van der Waals surface area contributed by atoms with E-state index >= 15 is 0 Å². The van der Waals surface area contributed by atoms with Crippen molar-refractivity contribution in [2.45, 2.75) is 33.4 Å². The Balaban J connectivity index is 1.54. The lowest BCUT2D eigenvalue weighted by atomic mass is 9.95. The number of benzene rings is 3. The van der Waals surface area contributed by atoms with Crippen LogP contribution in [-0.4, -0.2) is 43.4 Å². The summed E-state index contributed by atoms with van der Waals surface area (Å²) >= 11 is 1.20. The summed E-state index contributed by atoms with van der Waals surface area (Å²) in [5.41, 5.74) is 3.09. The number of nitriles is 1. The van der Waals surface area contributed by atoms with Crippen LogP contribution >= 0.6 is 11.3 Å². The number of thiazole rings is 1. The van der Waals surface area contributed by atoms with Gasteiger partial charge in [0.1, 0.15) is 12.4 Å². The predicted octanol–water partition coefficient (Wildman–Crippen LogP) is 4.20. The lowest BCUT2D eigenvalue weighted by Crippen LogP contribution is -2.40. The second kappa shape index (κ2) is 15.3. The van der Waals surface area contributed by atoms with Crippen LogP contribution in [0.2, 0.25) is 0 Å². The monoisotopic (exact) mass is 667 g/mol. The van der Waals surface area contributed by atoms with E-state index in [0.717, 1.165) is 11.1 Å². The maximum atomic E-state index is 14.1. The number of carbonyl (C=O) groups is 2. The van der Waals surface area contributed by atoms with Gasteiger partial charge in [-0.15, -0.1) is 0 Å². The van der Waals surface area contributed by atoms with Crippen molar-refractivity contribution in [3.63, 3.8) is 0 Å². The van der Waals surface area contributed by atoms with Crippen molar-refractivity contribution in [2.24, 2.45) is 4.99 Å². The van der Waals surface area contributed by atoms with Gasteiger partial charge in [0.15, 0.2) is 22.9 Å². The van der Waals surface area contributed by atoms with Crippen LogP contribution < -0.4 is 29.1 Å². The highest BCUT2D eigenvalue weighted by molar-refractivity contribution is 7.07. The first kappa shape index (κ1) is 33.7. The number of carbonyl (C=O) groups excluding carboxylic acids is 2. The number of fused-ring (bicyclic) bond motifs is 1. The fourth-order valence-corrected chi connectivity index (χ4v) is 6.12. The Morgan fingerprint density at radius 3 is 2.50 bits per heavy atom. The van der Waals surface area contributed by atoms with Crippen LogP contribution in [-0.2, 0) is 25.7 Å². The second-order valence-corrected chi connectivity index (χ2v) is 11.5. The highest BCUT2D eigenvalue weighted by atomic mass is 32.1. The SMILES string of the molecule is CCOC(=O)C1=C(C)N=c2s/c(=C/c3cccc(OCc4ccc(C#N)cc4)c3)c(=O)n2[C@H]1c1ccc(OCC(=O)OC)c(OCC)c1. The van der Waals surface area contributed by atoms with E-state index in [2.05, 4.69) is 15.8 Å². The van der Waals surface area contributed by atoms with E-state index in [-0.39, 0.29) is 24.3 Å². The van der Waals surface area contributed by atoms with Crippen LogP contribution in [0.4, 0.5) is 0 Å². The van der Waals surface area contributed by atoms with E-state index in [0.29, 0.717) is 56.6 Å². The molecule has 48 heavy (non-hydrogen) atoms. The van der Waals surface area contributed by atoms with E-state index in [1.54, 1.807) is 57.2 Å². The molecular weight excluding hydrogens is 634 g/mol. The molecule has 0 spiro atoms. The number of methoxy groups -OCH3 is 1. The minimum Gasteiger partial charge on any atom is -0.490 e. The molecule has 2 heterocycles. The number of ether oxygens (including phenoxy) is 5. The van der Waals surface area contributed by atoms with Crippen molar-refractivity contribution in [3.05, 3.63) is 120 Å². The summed E-state index contributed by atoms with van der Waals surface area (Å²) in [6.07, 6.45) is 1.76. The zero-order valence-electron chi connectivity index (χ0n) is 26.8. The average molecular weight is 668 g/mol. The Labute approximate surface area is 280 Å². The molecule has 1 aromatic heterocycles. The molecule has 11 nitrogen and oxygen atoms in total. The predicted molar refractivity (Wildman–Crippen MR) is 177 cm³/mol. The Morgan fingerprint density at radius 1 is 1.00 bits per heavy atom. The zero-order valence-corrected chi connectivity index (χ0v) is 27.7. The summed E-state index contributed by atoms with van der Waals surface area (Å²) in [7, 11) is 1.27. The van der Waals surface area contributed by atoms with Crippen molar-refractivity contribution in [2.75, 3.05) is 26.9 Å². The normalized spacial score (nSPS) is 14.0. The molecule has 12 heteroatoms. The standard InChI is InChI=1S/C36H33N3O8S/c1-5-44-29-18-26(14-15-28(29)47-21-31(40)43-4)33-32(35(42)45-6-2)22(3)38-36-39(33)34(41)30(48-36)17-25-8-7-9-27(16-25)46-20-24-12-10-23(19-37)11-13-24/h7-18,33H,5-6,20-21H2,1-4H3/b30-17+/t33-/m0/s1. The summed E-state index contributed by atoms with van der Waals surface area (Å²) in [4.78, 5) is 44.2. The van der Waals surface area contributed by atoms with Crippen molar-refractivity contribution in [1.82, 2.24) is 4.57 Å². The van der Waals surface area contributed by atoms with Gasteiger partial charge in [-0.1, -0.05) is 41.7 Å². The molecular formula is C36H33N3O8S. The Hall–Kier alpha value is -5.67. The van der Waals surface area contributed by atoms with E-state index < -0.39 is 18.0 Å². The molecule has 0 bridgehead atoms. The molecule has 0 amide bonds. The van der Waals surface area contributed by atoms with Gasteiger partial charge in [0, 0.05) is 0 Å². The molecule has 3 aromatic carbocycles. The molecule has 0 unspecified atom stereocenters. The minimum absolute atomic E-state index is 0.140. The molecule has 1 atom stereocenters. The molecule has 4 aromatic rings. The van der Waals surface area contributed by atoms with E-state index in [1.807, 2.05) is 36.4 Å². The van der Waals surface area contributed by atoms with Crippen LogP contribution in [0.5, 0.6) is 17.2 Å². The topological polar surface area (TPSA) is 138 Å². The Kier molecular flexibility index (Phi) is 10.7. The third-order valence-corrected chi connectivity index (χ3v) is 8.30. The number of hydrogen-bond donors (Lipinski definition) is 0. The van der Waals surface area contributed by atoms with E-state index in [1.165, 1.54) is 23.0 Å². The number of rotatable bonds is 12. The van der Waals surface area contributed by atoms with Gasteiger partial charge in [-0.05, 0) is 79.9 Å². The van der Waals surface area contributed by atoms with Gasteiger partial charge in [0.05, 0.1) is 53.8 Å². The summed E-state index contributed by atoms with van der Waals surface area (Å²) in [5, 5.41) is 9.03. The summed E-state index contributed by atoms with van der Waals surface area (Å²) in [5.74, 6) is 0.0984. The van der Waals surface area contributed by atoms with Crippen molar-refractivity contribution >= 4 is 29.4 Å². The molecule has 1 aliphatic heterocycles. The third kappa shape index (κ3) is 7.48. The number of nitrogens with zero attached hydrogens (tertiary/aromatic N) is 3. The van der Waals surface area contributed by atoms with Crippen LogP contribution in [0.3, 0.4) is 0 Å². The lowest BCUT2D eigenvalue weighted by molar-refractivity contribution is -0.143. The first-order valence-corrected chi connectivity index (χ1v) is 16.0. The van der Waals surface area contributed by atoms with Crippen molar-refractivity contribution in [3.8, 4) is 23.3 Å². The second-order valence-electron chi connectivity index (χ2n) is 10.5. The minimum atomic E-state index is -0.876. The first-order chi connectivity index (χ1) is 23.3. The summed E-state index contributed by atoms with van der Waals surface area (Å²) < 4.78 is 29.4. The molecule has 5 rings (SSSR count). The van der Waals surface area contributed by atoms with Gasteiger partial charge in [-0.3, -0.25) is 9.36 Å². The van der Waals surface area contributed by atoms with Crippen LogP contribution in [0, 0.1) is 11.3 Å². The third-order valence-electron chi connectivity index (χ3n) is 7.32. The van der Waals surface area contributed by atoms with Gasteiger partial charge in [-0.25, -0.2) is 14.6 Å². The molecule has 0 saturated heterocycles. The van der Waals surface area contributed by atoms with Gasteiger partial charge < -0.3 is 23.7 Å². The molecule has 0 N–H and O–H groups in total. The van der Waals surface area contributed by atoms with Crippen molar-refractivity contribution < 1.29 is 33.3 Å². The lowest BCUT2D eigenvalue weighted by Gasteiger charge is -2.25. The highest BCUT2D eigenvalue weighted by Gasteiger charge is 2.34. The maximum Gasteiger partial charge on any atom is 0.343 e. The molecule has 0 saturated carbocycles. The smallest absolute Gasteiger partial charge is 0.343 e. The highest BCUT2D eigenvalue weighted by Crippen LogP contribution is 2.36. The molecule has 0 aliphatic carbocycles. The van der Waals surface area contributed by atoms with Gasteiger partial charge in [0.25, 0.3) is 5.56 Å². The molecule has 246 valence electrons. The quantitative estimate of drug-likeness (QED) is 0.204. The summed E-state index contributed by atoms with van der Waals surface area (Å²) in [6.45, 7) is 5.66. The molecule has 0 fully saturated rings. The maximum absolute atomic E-state index is 14.1. The number of aromatic nitrogens is 1. The fraction of sp³-hybridized carbons (Fsp3) is 0.250. The fourth-order valence-electron chi connectivity index (χ4n) is 5.07. The van der Waals surface area contributed by atoms with Crippen molar-refractivity contribution in [1.29, 1.82) is 5.26 Å². The van der Waals surface area contributed by atoms with Gasteiger partial charge in [0.2, 0.25) is 0 Å². The number of esters is 2. The Bertz CT molecular complexity index is 2090. The first-order valence-electron chi connectivity index (χ1n) is 15.1. The van der Waals surface area contributed by atoms with Crippen LogP contribution in [0.15, 0.2) is 87.8 Å². The van der Waals surface area contributed by atoms with E-state index in [9.17, 15) is 14.4 Å².